The van der Waals surface area contributed by atoms with Gasteiger partial charge in [0, 0.05) is 0 Å². The van der Waals surface area contributed by atoms with Crippen LogP contribution in [0.1, 0.15) is 27.7 Å². The van der Waals surface area contributed by atoms with Crippen molar-refractivity contribution >= 4 is 24.5 Å². The molecule has 0 aliphatic carbocycles. The van der Waals surface area contributed by atoms with Gasteiger partial charge in [-0.1, -0.05) is 60.7 Å². The zero-order valence-corrected chi connectivity index (χ0v) is 14.5. The Balaban J connectivity index is 2.31. The summed E-state index contributed by atoms with van der Waals surface area (Å²) in [4.78, 5) is 12.2. The van der Waals surface area contributed by atoms with Crippen molar-refractivity contribution in [1.29, 1.82) is 0 Å². The minimum absolute atomic E-state index is 0.153. The summed E-state index contributed by atoms with van der Waals surface area (Å²) in [6.07, 6.45) is 0. The normalized spacial score (nSPS) is 13.0. The summed E-state index contributed by atoms with van der Waals surface area (Å²) in [5.41, 5.74) is -0.483. The standard InChI is InChI=1S/C19H23O2P/c1-15(21-18(20)19(2,3)4)22(16-11-7-5-8-12-16)17-13-9-6-10-14-17/h5-15H,1-4H3. The Kier molecular flexibility index (Phi) is 5.37. The van der Waals surface area contributed by atoms with Gasteiger partial charge in [0.05, 0.1) is 5.41 Å². The summed E-state index contributed by atoms with van der Waals surface area (Å²) < 4.78 is 5.78. The van der Waals surface area contributed by atoms with Crippen LogP contribution in [0.25, 0.3) is 0 Å². The lowest BCUT2D eigenvalue weighted by atomic mass is 9.97. The van der Waals surface area contributed by atoms with Gasteiger partial charge in [-0.05, 0) is 46.2 Å². The quantitative estimate of drug-likeness (QED) is 0.628. The molecule has 2 aromatic rings. The fourth-order valence-electron chi connectivity index (χ4n) is 2.13. The fraction of sp³-hybridized carbons (Fsp3) is 0.316. The number of benzene rings is 2. The second-order valence-corrected chi connectivity index (χ2v) is 8.80. The van der Waals surface area contributed by atoms with E-state index in [1.54, 1.807) is 0 Å². The van der Waals surface area contributed by atoms with Crippen molar-refractivity contribution in [2.75, 3.05) is 0 Å². The summed E-state index contributed by atoms with van der Waals surface area (Å²) in [5.74, 6) is -0.314. The minimum atomic E-state index is -0.735. The Bertz CT molecular complexity index is 563. The zero-order chi connectivity index (χ0) is 16.2. The Morgan fingerprint density at radius 3 is 1.68 bits per heavy atom. The molecule has 0 spiro atoms. The lowest BCUT2D eigenvalue weighted by Crippen LogP contribution is -2.30. The van der Waals surface area contributed by atoms with Crippen LogP contribution in [0.4, 0.5) is 0 Å². The molecule has 0 aliphatic heterocycles. The molecule has 0 saturated heterocycles. The van der Waals surface area contributed by atoms with Crippen molar-refractivity contribution in [3.8, 4) is 0 Å². The molecule has 0 aromatic heterocycles. The predicted molar refractivity (Wildman–Crippen MR) is 94.1 cm³/mol. The molecule has 0 aliphatic rings. The maximum absolute atomic E-state index is 12.2. The molecular weight excluding hydrogens is 291 g/mol. The van der Waals surface area contributed by atoms with Crippen molar-refractivity contribution < 1.29 is 9.53 Å². The van der Waals surface area contributed by atoms with Gasteiger partial charge in [-0.15, -0.1) is 0 Å². The largest absolute Gasteiger partial charge is 0.457 e. The van der Waals surface area contributed by atoms with E-state index >= 15 is 0 Å². The highest BCUT2D eigenvalue weighted by Crippen LogP contribution is 2.40. The molecule has 116 valence electrons. The summed E-state index contributed by atoms with van der Waals surface area (Å²) >= 11 is 0. The van der Waals surface area contributed by atoms with Gasteiger partial charge in [0.2, 0.25) is 0 Å². The van der Waals surface area contributed by atoms with E-state index in [4.69, 9.17) is 4.74 Å². The first kappa shape index (κ1) is 16.7. The van der Waals surface area contributed by atoms with E-state index in [1.165, 1.54) is 10.6 Å². The van der Waals surface area contributed by atoms with Crippen LogP contribution in [-0.2, 0) is 9.53 Å². The topological polar surface area (TPSA) is 26.3 Å². The first-order valence-electron chi connectivity index (χ1n) is 7.50. The van der Waals surface area contributed by atoms with Crippen LogP contribution in [-0.4, -0.2) is 11.8 Å². The fourth-order valence-corrected chi connectivity index (χ4v) is 4.46. The Hall–Kier alpha value is -1.66. The molecule has 3 heteroatoms. The molecule has 0 heterocycles. The summed E-state index contributed by atoms with van der Waals surface area (Å²) in [5, 5.41) is 2.44. The van der Waals surface area contributed by atoms with Gasteiger partial charge >= 0.3 is 5.97 Å². The second kappa shape index (κ2) is 7.07. The molecule has 1 unspecified atom stereocenters. The van der Waals surface area contributed by atoms with Crippen LogP contribution < -0.4 is 10.6 Å². The van der Waals surface area contributed by atoms with Crippen molar-refractivity contribution in [2.45, 2.75) is 33.5 Å². The molecular formula is C19H23O2P. The van der Waals surface area contributed by atoms with Gasteiger partial charge in [0.1, 0.15) is 5.85 Å². The van der Waals surface area contributed by atoms with E-state index in [0.717, 1.165) is 0 Å². The molecule has 2 aromatic carbocycles. The number of esters is 1. The van der Waals surface area contributed by atoms with Crippen LogP contribution >= 0.6 is 7.92 Å². The van der Waals surface area contributed by atoms with Gasteiger partial charge in [-0.25, -0.2) is 0 Å². The minimum Gasteiger partial charge on any atom is -0.457 e. The van der Waals surface area contributed by atoms with Gasteiger partial charge in [0.25, 0.3) is 0 Å². The molecule has 0 fully saturated rings. The zero-order valence-electron chi connectivity index (χ0n) is 13.6. The van der Waals surface area contributed by atoms with Crippen LogP contribution in [0, 0.1) is 5.41 Å². The maximum atomic E-state index is 12.2. The highest BCUT2D eigenvalue weighted by Gasteiger charge is 2.29. The van der Waals surface area contributed by atoms with Gasteiger partial charge < -0.3 is 4.74 Å². The first-order chi connectivity index (χ1) is 10.4. The number of ether oxygens (including phenoxy) is 1. The predicted octanol–water partition coefficient (Wildman–Crippen LogP) is 4.05. The van der Waals surface area contributed by atoms with E-state index in [9.17, 15) is 4.79 Å². The molecule has 1 atom stereocenters. The third-order valence-electron chi connectivity index (χ3n) is 3.32. The van der Waals surface area contributed by atoms with Crippen LogP contribution in [0.3, 0.4) is 0 Å². The molecule has 0 radical (unpaired) electrons. The van der Waals surface area contributed by atoms with Crippen LogP contribution in [0.15, 0.2) is 60.7 Å². The Morgan fingerprint density at radius 2 is 1.32 bits per heavy atom. The van der Waals surface area contributed by atoms with Gasteiger partial charge in [0.15, 0.2) is 0 Å². The Labute approximate surface area is 134 Å². The van der Waals surface area contributed by atoms with Crippen molar-refractivity contribution in [3.05, 3.63) is 60.7 Å². The van der Waals surface area contributed by atoms with E-state index < -0.39 is 13.3 Å². The van der Waals surface area contributed by atoms with E-state index in [1.807, 2.05) is 64.1 Å². The second-order valence-electron chi connectivity index (χ2n) is 6.30. The molecule has 2 nitrogen and oxygen atoms in total. The van der Waals surface area contributed by atoms with Gasteiger partial charge in [-0.3, -0.25) is 4.79 Å². The van der Waals surface area contributed by atoms with Crippen LogP contribution in [0.5, 0.6) is 0 Å². The average molecular weight is 314 g/mol. The number of hydrogen-bond acceptors (Lipinski definition) is 2. The molecule has 0 saturated carbocycles. The molecule has 22 heavy (non-hydrogen) atoms. The van der Waals surface area contributed by atoms with E-state index in [2.05, 4.69) is 24.3 Å². The molecule has 0 bridgehead atoms. The first-order valence-corrected chi connectivity index (χ1v) is 8.91. The van der Waals surface area contributed by atoms with Crippen LogP contribution in [0.2, 0.25) is 0 Å². The maximum Gasteiger partial charge on any atom is 0.311 e. The highest BCUT2D eigenvalue weighted by atomic mass is 31.1. The third kappa shape index (κ3) is 4.18. The van der Waals surface area contributed by atoms with E-state index in [-0.39, 0.29) is 11.8 Å². The molecule has 0 amide bonds. The SMILES string of the molecule is CC(OC(=O)C(C)(C)C)P(c1ccccc1)c1ccccc1. The summed E-state index contributed by atoms with van der Waals surface area (Å²) in [7, 11) is -0.735. The number of rotatable bonds is 4. The van der Waals surface area contributed by atoms with Gasteiger partial charge in [-0.2, -0.15) is 0 Å². The number of carbonyl (C=O) groups excluding carboxylic acids is 1. The lowest BCUT2D eigenvalue weighted by molar-refractivity contribution is -0.154. The highest BCUT2D eigenvalue weighted by molar-refractivity contribution is 7.73. The number of carbonyl (C=O) groups is 1. The smallest absolute Gasteiger partial charge is 0.311 e. The van der Waals surface area contributed by atoms with Crippen molar-refractivity contribution in [1.82, 2.24) is 0 Å². The Morgan fingerprint density at radius 1 is 0.909 bits per heavy atom. The average Bonchev–Trinajstić information content (AvgIpc) is 2.48. The van der Waals surface area contributed by atoms with Crippen molar-refractivity contribution in [3.63, 3.8) is 0 Å². The third-order valence-corrected chi connectivity index (χ3v) is 5.86. The molecule has 2 rings (SSSR count). The van der Waals surface area contributed by atoms with Crippen molar-refractivity contribution in [2.24, 2.45) is 5.41 Å². The van der Waals surface area contributed by atoms with E-state index in [0.29, 0.717) is 0 Å². The number of hydrogen-bond donors (Lipinski definition) is 0. The molecule has 0 N–H and O–H groups in total. The monoisotopic (exact) mass is 314 g/mol. The lowest BCUT2D eigenvalue weighted by Gasteiger charge is -2.28. The summed E-state index contributed by atoms with van der Waals surface area (Å²) in [6, 6.07) is 20.6. The summed E-state index contributed by atoms with van der Waals surface area (Å²) in [6.45, 7) is 7.65.